The highest BCUT2D eigenvalue weighted by molar-refractivity contribution is 6.12. The number of rotatable bonds is 2. The summed E-state index contributed by atoms with van der Waals surface area (Å²) < 4.78 is 0. The van der Waals surface area contributed by atoms with E-state index >= 15 is 0 Å². The summed E-state index contributed by atoms with van der Waals surface area (Å²) in [5, 5.41) is 29.1. The first-order valence-electron chi connectivity index (χ1n) is 6.60. The molecule has 110 valence electrons. The summed E-state index contributed by atoms with van der Waals surface area (Å²) in [6.07, 6.45) is 0. The summed E-state index contributed by atoms with van der Waals surface area (Å²) in [7, 11) is 0. The molecule has 0 bridgehead atoms. The Morgan fingerprint density at radius 3 is 1.86 bits per heavy atom. The Balaban J connectivity index is 2.45. The van der Waals surface area contributed by atoms with E-state index < -0.39 is 5.78 Å². The van der Waals surface area contributed by atoms with Crippen LogP contribution >= 0.6 is 0 Å². The summed E-state index contributed by atoms with van der Waals surface area (Å²) in [4.78, 5) is 12.4. The van der Waals surface area contributed by atoms with Gasteiger partial charge in [0.15, 0.2) is 5.78 Å². The molecule has 4 heteroatoms. The Kier molecular flexibility index (Phi) is 3.64. The molecule has 0 saturated carbocycles. The third-order valence-electron chi connectivity index (χ3n) is 3.33. The fourth-order valence-electron chi connectivity index (χ4n) is 2.05. The van der Waals surface area contributed by atoms with Crippen LogP contribution in [0, 0.1) is 0 Å². The first-order valence-corrected chi connectivity index (χ1v) is 6.60. The molecule has 21 heavy (non-hydrogen) atoms. The molecule has 0 heterocycles. The molecular weight excluding hydrogens is 268 g/mol. The predicted molar refractivity (Wildman–Crippen MR) is 80.0 cm³/mol. The van der Waals surface area contributed by atoms with Gasteiger partial charge in [0.1, 0.15) is 17.2 Å². The summed E-state index contributed by atoms with van der Waals surface area (Å²) in [5.41, 5.74) is 0.918. The summed E-state index contributed by atoms with van der Waals surface area (Å²) in [5.74, 6) is -1.07. The molecule has 3 N–H and O–H groups in total. The Bertz CT molecular complexity index is 696. The minimum absolute atomic E-state index is 0.0339. The topological polar surface area (TPSA) is 77.8 Å². The van der Waals surface area contributed by atoms with Gasteiger partial charge in [-0.2, -0.15) is 0 Å². The van der Waals surface area contributed by atoms with Crippen LogP contribution in [0.3, 0.4) is 0 Å². The van der Waals surface area contributed by atoms with Crippen molar-refractivity contribution in [2.24, 2.45) is 0 Å². The van der Waals surface area contributed by atoms with Crippen LogP contribution in [0.5, 0.6) is 17.2 Å². The molecule has 0 atom stereocenters. The highest BCUT2D eigenvalue weighted by atomic mass is 16.3. The van der Waals surface area contributed by atoms with Crippen molar-refractivity contribution in [2.45, 2.75) is 26.2 Å². The maximum absolute atomic E-state index is 12.4. The van der Waals surface area contributed by atoms with Crippen molar-refractivity contribution in [1.82, 2.24) is 0 Å². The number of aromatic hydroxyl groups is 3. The molecule has 0 aliphatic carbocycles. The van der Waals surface area contributed by atoms with E-state index in [1.807, 2.05) is 20.8 Å². The molecule has 0 amide bonds. The van der Waals surface area contributed by atoms with Crippen LogP contribution in [0.2, 0.25) is 0 Å². The highest BCUT2D eigenvalue weighted by Gasteiger charge is 2.20. The van der Waals surface area contributed by atoms with Gasteiger partial charge in [0.25, 0.3) is 0 Å². The fraction of sp³-hybridized carbons (Fsp3) is 0.235. The maximum atomic E-state index is 12.4. The Hall–Kier alpha value is -2.49. The third kappa shape index (κ3) is 2.99. The molecule has 0 aromatic heterocycles. The molecule has 0 radical (unpaired) electrons. The lowest BCUT2D eigenvalue weighted by molar-refractivity contribution is 0.103. The molecular formula is C17H18O4. The van der Waals surface area contributed by atoms with E-state index in [9.17, 15) is 20.1 Å². The van der Waals surface area contributed by atoms with Crippen LogP contribution in [0.1, 0.15) is 42.3 Å². The van der Waals surface area contributed by atoms with E-state index in [-0.39, 0.29) is 33.8 Å². The third-order valence-corrected chi connectivity index (χ3v) is 3.33. The number of hydrogen-bond donors (Lipinski definition) is 3. The predicted octanol–water partition coefficient (Wildman–Crippen LogP) is 3.33. The summed E-state index contributed by atoms with van der Waals surface area (Å²) in [6, 6.07) is 8.62. The zero-order chi connectivity index (χ0) is 15.8. The number of hydrogen-bond acceptors (Lipinski definition) is 4. The standard InChI is InChI=1S/C17H18O4/c1-17(2,3)10-4-6-12(14(19)8-10)16(21)13-7-5-11(18)9-15(13)20/h4-9,18-20H,1-3H3. The van der Waals surface area contributed by atoms with Crippen molar-refractivity contribution in [3.8, 4) is 17.2 Å². The van der Waals surface area contributed by atoms with Crippen molar-refractivity contribution in [1.29, 1.82) is 0 Å². The molecule has 4 nitrogen and oxygen atoms in total. The SMILES string of the molecule is CC(C)(C)c1ccc(C(=O)c2ccc(O)cc2O)c(O)c1. The smallest absolute Gasteiger partial charge is 0.200 e. The van der Waals surface area contributed by atoms with Gasteiger partial charge in [-0.05, 0) is 35.2 Å². The molecule has 2 aromatic rings. The van der Waals surface area contributed by atoms with Crippen molar-refractivity contribution in [3.05, 3.63) is 53.1 Å². The number of phenolic OH excluding ortho intramolecular Hbond substituents is 3. The minimum Gasteiger partial charge on any atom is -0.508 e. The average Bonchev–Trinajstić information content (AvgIpc) is 2.36. The summed E-state index contributed by atoms with van der Waals surface area (Å²) in [6.45, 7) is 6.03. The van der Waals surface area contributed by atoms with Gasteiger partial charge in [0.05, 0.1) is 11.1 Å². The van der Waals surface area contributed by atoms with Gasteiger partial charge in [-0.1, -0.05) is 26.8 Å². The molecule has 0 aliphatic heterocycles. The molecule has 0 fully saturated rings. The van der Waals surface area contributed by atoms with Crippen LogP contribution in [0.15, 0.2) is 36.4 Å². The normalized spacial score (nSPS) is 11.4. The first-order chi connectivity index (χ1) is 9.70. The van der Waals surface area contributed by atoms with Crippen LogP contribution in [0.25, 0.3) is 0 Å². The van der Waals surface area contributed by atoms with Gasteiger partial charge in [-0.25, -0.2) is 0 Å². The molecule has 0 saturated heterocycles. The van der Waals surface area contributed by atoms with Crippen molar-refractivity contribution in [2.75, 3.05) is 0 Å². The Morgan fingerprint density at radius 1 is 0.857 bits per heavy atom. The molecule has 0 spiro atoms. The lowest BCUT2D eigenvalue weighted by Crippen LogP contribution is -2.11. The largest absolute Gasteiger partial charge is 0.508 e. The number of ketones is 1. The Morgan fingerprint density at radius 2 is 1.38 bits per heavy atom. The highest BCUT2D eigenvalue weighted by Crippen LogP contribution is 2.31. The lowest BCUT2D eigenvalue weighted by Gasteiger charge is -2.19. The molecule has 2 rings (SSSR count). The first kappa shape index (κ1) is 14.9. The van der Waals surface area contributed by atoms with E-state index in [1.54, 1.807) is 18.2 Å². The van der Waals surface area contributed by atoms with Crippen LogP contribution in [-0.4, -0.2) is 21.1 Å². The van der Waals surface area contributed by atoms with E-state index in [0.29, 0.717) is 0 Å². The van der Waals surface area contributed by atoms with Gasteiger partial charge in [0.2, 0.25) is 0 Å². The van der Waals surface area contributed by atoms with Gasteiger partial charge in [-0.3, -0.25) is 4.79 Å². The Labute approximate surface area is 123 Å². The second kappa shape index (κ2) is 5.13. The van der Waals surface area contributed by atoms with E-state index in [4.69, 9.17) is 0 Å². The maximum Gasteiger partial charge on any atom is 0.200 e. The van der Waals surface area contributed by atoms with Gasteiger partial charge >= 0.3 is 0 Å². The van der Waals surface area contributed by atoms with Crippen molar-refractivity contribution >= 4 is 5.78 Å². The van der Waals surface area contributed by atoms with Crippen LogP contribution < -0.4 is 0 Å². The van der Waals surface area contributed by atoms with Gasteiger partial charge < -0.3 is 15.3 Å². The van der Waals surface area contributed by atoms with E-state index in [1.165, 1.54) is 12.1 Å². The van der Waals surface area contributed by atoms with Crippen molar-refractivity contribution < 1.29 is 20.1 Å². The lowest BCUT2D eigenvalue weighted by atomic mass is 9.86. The monoisotopic (exact) mass is 286 g/mol. The number of carbonyl (C=O) groups is 1. The zero-order valence-electron chi connectivity index (χ0n) is 12.2. The molecule has 0 unspecified atom stereocenters. The van der Waals surface area contributed by atoms with Crippen molar-refractivity contribution in [3.63, 3.8) is 0 Å². The zero-order valence-corrected chi connectivity index (χ0v) is 12.2. The second-order valence-corrected chi connectivity index (χ2v) is 6.01. The van der Waals surface area contributed by atoms with E-state index in [0.717, 1.165) is 11.6 Å². The second-order valence-electron chi connectivity index (χ2n) is 6.01. The van der Waals surface area contributed by atoms with Gasteiger partial charge in [-0.15, -0.1) is 0 Å². The quantitative estimate of drug-likeness (QED) is 0.740. The average molecular weight is 286 g/mol. The molecule has 2 aromatic carbocycles. The van der Waals surface area contributed by atoms with Crippen LogP contribution in [-0.2, 0) is 5.41 Å². The number of benzene rings is 2. The van der Waals surface area contributed by atoms with E-state index in [2.05, 4.69) is 0 Å². The van der Waals surface area contributed by atoms with Gasteiger partial charge in [0, 0.05) is 6.07 Å². The number of phenols is 3. The summed E-state index contributed by atoms with van der Waals surface area (Å²) >= 11 is 0. The van der Waals surface area contributed by atoms with Crippen LogP contribution in [0.4, 0.5) is 0 Å². The minimum atomic E-state index is -0.495. The fourth-order valence-corrected chi connectivity index (χ4v) is 2.05. The number of carbonyl (C=O) groups excluding carboxylic acids is 1. The molecule has 0 aliphatic rings.